The third-order valence-electron chi connectivity index (χ3n) is 3.35. The number of aryl methyl sites for hydroxylation is 1. The molecule has 1 fully saturated rings. The minimum absolute atomic E-state index is 0.0367. The van der Waals surface area contributed by atoms with Gasteiger partial charge in [-0.25, -0.2) is 4.98 Å². The molecule has 2 N–H and O–H groups in total. The Bertz CT molecular complexity index is 481. The Morgan fingerprint density at radius 3 is 3.00 bits per heavy atom. The molecular weight excluding hydrogens is 322 g/mol. The number of nitrogens with one attached hydrogen (secondary N) is 2. The zero-order valence-electron chi connectivity index (χ0n) is 11.8. The predicted molar refractivity (Wildman–Crippen MR) is 81.7 cm³/mol. The summed E-state index contributed by atoms with van der Waals surface area (Å²) >= 11 is 3.39. The molecule has 2 unspecified atom stereocenters. The Balaban J connectivity index is 1.98. The number of amides is 1. The molecule has 2 rings (SSSR count). The molecule has 6 heteroatoms. The molecule has 1 aliphatic rings. The molecule has 5 nitrogen and oxygen atoms in total. The molecule has 2 atom stereocenters. The minimum atomic E-state index is -0.160. The molecule has 2 heterocycles. The maximum atomic E-state index is 12.3. The van der Waals surface area contributed by atoms with Gasteiger partial charge >= 0.3 is 0 Å². The molecule has 0 aliphatic carbocycles. The normalized spacial score (nSPS) is 21.9. The Hall–Kier alpha value is -0.980. The second kappa shape index (κ2) is 7.15. The van der Waals surface area contributed by atoms with Crippen LogP contribution in [0.1, 0.15) is 19.0 Å². The largest absolute Gasteiger partial charge is 0.379 e. The summed E-state index contributed by atoms with van der Waals surface area (Å²) in [7, 11) is 0. The van der Waals surface area contributed by atoms with Crippen LogP contribution in [0.5, 0.6) is 0 Å². The Kier molecular flexibility index (Phi) is 5.51. The van der Waals surface area contributed by atoms with Crippen LogP contribution in [0.3, 0.4) is 0 Å². The lowest BCUT2D eigenvalue weighted by Crippen LogP contribution is -2.41. The molecule has 0 radical (unpaired) electrons. The topological polar surface area (TPSA) is 63.2 Å². The van der Waals surface area contributed by atoms with Gasteiger partial charge < -0.3 is 15.4 Å². The molecule has 110 valence electrons. The van der Waals surface area contributed by atoms with E-state index in [1.165, 1.54) is 0 Å². The van der Waals surface area contributed by atoms with E-state index in [4.69, 9.17) is 4.74 Å². The van der Waals surface area contributed by atoms with Crippen molar-refractivity contribution in [1.82, 2.24) is 10.3 Å². The van der Waals surface area contributed by atoms with Gasteiger partial charge in [-0.1, -0.05) is 6.92 Å². The summed E-state index contributed by atoms with van der Waals surface area (Å²) in [5.41, 5.74) is 0.853. The van der Waals surface area contributed by atoms with Crippen molar-refractivity contribution >= 4 is 27.7 Å². The van der Waals surface area contributed by atoms with Gasteiger partial charge in [0.15, 0.2) is 0 Å². The van der Waals surface area contributed by atoms with E-state index in [2.05, 4.69) is 38.5 Å². The molecule has 1 aromatic rings. The van der Waals surface area contributed by atoms with E-state index in [0.29, 0.717) is 19.0 Å². The molecule has 20 heavy (non-hydrogen) atoms. The molecular formula is C14H20BrN3O2. The lowest BCUT2D eigenvalue weighted by atomic mass is 10.0. The van der Waals surface area contributed by atoms with Crippen molar-refractivity contribution in [2.45, 2.75) is 26.3 Å². The van der Waals surface area contributed by atoms with Crippen LogP contribution in [0.2, 0.25) is 0 Å². The summed E-state index contributed by atoms with van der Waals surface area (Å²) in [6.45, 7) is 5.94. The van der Waals surface area contributed by atoms with Gasteiger partial charge in [0, 0.05) is 10.5 Å². The molecule has 1 saturated heterocycles. The Morgan fingerprint density at radius 2 is 2.30 bits per heavy atom. The number of hydrogen-bond acceptors (Lipinski definition) is 4. The van der Waals surface area contributed by atoms with Crippen LogP contribution < -0.4 is 10.6 Å². The van der Waals surface area contributed by atoms with Crippen molar-refractivity contribution in [3.8, 4) is 0 Å². The molecule has 1 amide bonds. The zero-order chi connectivity index (χ0) is 14.5. The molecule has 1 aromatic heterocycles. The van der Waals surface area contributed by atoms with Crippen molar-refractivity contribution in [3.05, 3.63) is 22.3 Å². The first-order chi connectivity index (χ1) is 9.61. The number of carbonyl (C=O) groups excluding carboxylic acids is 1. The fourth-order valence-electron chi connectivity index (χ4n) is 2.18. The molecule has 0 saturated carbocycles. The highest BCUT2D eigenvalue weighted by Crippen LogP contribution is 2.19. The highest BCUT2D eigenvalue weighted by Gasteiger charge is 2.33. The number of hydrogen-bond donors (Lipinski definition) is 2. The highest BCUT2D eigenvalue weighted by atomic mass is 79.9. The summed E-state index contributed by atoms with van der Waals surface area (Å²) in [5.74, 6) is 0.384. The number of aromatic nitrogens is 1. The lowest BCUT2D eigenvalue weighted by molar-refractivity contribution is -0.120. The average Bonchev–Trinajstić information content (AvgIpc) is 2.89. The minimum Gasteiger partial charge on any atom is -0.379 e. The third kappa shape index (κ3) is 3.77. The lowest BCUT2D eigenvalue weighted by Gasteiger charge is -2.18. The second-order valence-corrected chi connectivity index (χ2v) is 5.81. The van der Waals surface area contributed by atoms with Crippen molar-refractivity contribution in [1.29, 1.82) is 0 Å². The summed E-state index contributed by atoms with van der Waals surface area (Å²) in [4.78, 5) is 16.6. The van der Waals surface area contributed by atoms with Gasteiger partial charge in [-0.2, -0.15) is 0 Å². The van der Waals surface area contributed by atoms with E-state index in [-0.39, 0.29) is 17.9 Å². The summed E-state index contributed by atoms with van der Waals surface area (Å²) < 4.78 is 6.35. The fourth-order valence-corrected chi connectivity index (χ4v) is 2.40. The van der Waals surface area contributed by atoms with Crippen LogP contribution in [0.15, 0.2) is 16.6 Å². The van der Waals surface area contributed by atoms with Crippen molar-refractivity contribution in [3.63, 3.8) is 0 Å². The van der Waals surface area contributed by atoms with Crippen LogP contribution in [0, 0.1) is 12.8 Å². The van der Waals surface area contributed by atoms with Gasteiger partial charge in [-0.15, -0.1) is 0 Å². The average molecular weight is 342 g/mol. The van der Waals surface area contributed by atoms with Gasteiger partial charge in [0.25, 0.3) is 0 Å². The van der Waals surface area contributed by atoms with Crippen LogP contribution in [0.25, 0.3) is 0 Å². The number of anilines is 1. The van der Waals surface area contributed by atoms with Crippen molar-refractivity contribution < 1.29 is 9.53 Å². The van der Waals surface area contributed by atoms with E-state index < -0.39 is 0 Å². The fraction of sp³-hybridized carbons (Fsp3) is 0.571. The maximum Gasteiger partial charge on any atom is 0.232 e. The Labute approximate surface area is 127 Å². The van der Waals surface area contributed by atoms with Gasteiger partial charge in [0.1, 0.15) is 5.82 Å². The number of carbonyl (C=O) groups is 1. The van der Waals surface area contributed by atoms with Gasteiger partial charge in [0.2, 0.25) is 5.91 Å². The van der Waals surface area contributed by atoms with E-state index in [1.54, 1.807) is 6.07 Å². The van der Waals surface area contributed by atoms with E-state index in [9.17, 15) is 4.79 Å². The van der Waals surface area contributed by atoms with E-state index in [1.807, 2.05) is 13.0 Å². The third-order valence-corrected chi connectivity index (χ3v) is 4.18. The van der Waals surface area contributed by atoms with Gasteiger partial charge in [-0.05, 0) is 48.0 Å². The summed E-state index contributed by atoms with van der Waals surface area (Å²) in [5, 5.41) is 6.22. The highest BCUT2D eigenvalue weighted by molar-refractivity contribution is 9.10. The van der Waals surface area contributed by atoms with Gasteiger partial charge in [0.05, 0.1) is 24.8 Å². The number of halogens is 1. The zero-order valence-corrected chi connectivity index (χ0v) is 13.4. The smallest absolute Gasteiger partial charge is 0.232 e. The van der Waals surface area contributed by atoms with Crippen LogP contribution in [0.4, 0.5) is 5.82 Å². The van der Waals surface area contributed by atoms with Crippen LogP contribution in [-0.4, -0.2) is 36.7 Å². The number of nitrogens with zero attached hydrogens (tertiary/aromatic N) is 1. The quantitative estimate of drug-likeness (QED) is 0.860. The standard InChI is InChI=1S/C14H20BrN3O2/c1-3-6-16-12-8-20-7-10(12)14(19)18-13-5-4-11(15)9(2)17-13/h4-5,10,12,16H,3,6-8H2,1-2H3,(H,17,18,19). The van der Waals surface area contributed by atoms with Crippen LogP contribution >= 0.6 is 15.9 Å². The molecule has 0 aromatic carbocycles. The first-order valence-corrected chi connectivity index (χ1v) is 7.66. The van der Waals surface area contributed by atoms with Gasteiger partial charge in [-0.3, -0.25) is 4.79 Å². The van der Waals surface area contributed by atoms with E-state index >= 15 is 0 Å². The second-order valence-electron chi connectivity index (χ2n) is 4.96. The SMILES string of the molecule is CCCNC1COCC1C(=O)Nc1ccc(Br)c(C)n1. The number of rotatable bonds is 5. The van der Waals surface area contributed by atoms with E-state index in [0.717, 1.165) is 23.1 Å². The number of ether oxygens (including phenoxy) is 1. The molecule has 0 bridgehead atoms. The monoisotopic (exact) mass is 341 g/mol. The maximum absolute atomic E-state index is 12.3. The summed E-state index contributed by atoms with van der Waals surface area (Å²) in [6, 6.07) is 3.77. The molecule has 0 spiro atoms. The van der Waals surface area contributed by atoms with Crippen molar-refractivity contribution in [2.24, 2.45) is 5.92 Å². The first kappa shape index (κ1) is 15.4. The first-order valence-electron chi connectivity index (χ1n) is 6.87. The van der Waals surface area contributed by atoms with Crippen molar-refractivity contribution in [2.75, 3.05) is 25.1 Å². The summed E-state index contributed by atoms with van der Waals surface area (Å²) in [6.07, 6.45) is 1.04. The van der Waals surface area contributed by atoms with Crippen LogP contribution in [-0.2, 0) is 9.53 Å². The predicted octanol–water partition coefficient (Wildman–Crippen LogP) is 2.11. The molecule has 1 aliphatic heterocycles. The number of pyridine rings is 1. The Morgan fingerprint density at radius 1 is 1.50 bits per heavy atom.